The van der Waals surface area contributed by atoms with Crippen LogP contribution in [0.15, 0.2) is 42.6 Å². The zero-order valence-corrected chi connectivity index (χ0v) is 14.5. The van der Waals surface area contributed by atoms with E-state index in [-0.39, 0.29) is 11.7 Å². The maximum Gasteiger partial charge on any atom is 0.419 e. The van der Waals surface area contributed by atoms with Crippen molar-refractivity contribution in [3.63, 3.8) is 0 Å². The molecule has 26 heavy (non-hydrogen) atoms. The van der Waals surface area contributed by atoms with E-state index in [1.54, 1.807) is 9.80 Å². The molecule has 2 heterocycles. The molecule has 0 aliphatic carbocycles. The molecule has 0 radical (unpaired) electrons. The molecular weight excluding hydrogens is 343 g/mol. The Kier molecular flexibility index (Phi) is 5.15. The molecule has 1 aromatic heterocycles. The van der Waals surface area contributed by atoms with Crippen LogP contribution in [0, 0.1) is 6.92 Å². The van der Waals surface area contributed by atoms with Gasteiger partial charge in [0.1, 0.15) is 5.82 Å². The largest absolute Gasteiger partial charge is 0.419 e. The summed E-state index contributed by atoms with van der Waals surface area (Å²) in [7, 11) is 0. The van der Waals surface area contributed by atoms with Gasteiger partial charge in [-0.3, -0.25) is 4.79 Å². The van der Waals surface area contributed by atoms with Crippen LogP contribution in [-0.2, 0) is 17.4 Å². The average molecular weight is 363 g/mol. The smallest absolute Gasteiger partial charge is 0.353 e. The van der Waals surface area contributed by atoms with Gasteiger partial charge < -0.3 is 9.80 Å². The van der Waals surface area contributed by atoms with Crippen molar-refractivity contribution in [1.82, 2.24) is 9.88 Å². The summed E-state index contributed by atoms with van der Waals surface area (Å²) in [6.07, 6.45) is -2.77. The van der Waals surface area contributed by atoms with E-state index in [2.05, 4.69) is 4.98 Å². The van der Waals surface area contributed by atoms with Crippen molar-refractivity contribution in [1.29, 1.82) is 0 Å². The number of nitrogens with zero attached hydrogens (tertiary/aromatic N) is 3. The van der Waals surface area contributed by atoms with Gasteiger partial charge in [0.05, 0.1) is 12.0 Å². The van der Waals surface area contributed by atoms with Crippen molar-refractivity contribution in [2.75, 3.05) is 31.1 Å². The van der Waals surface area contributed by atoms with E-state index in [9.17, 15) is 18.0 Å². The summed E-state index contributed by atoms with van der Waals surface area (Å²) >= 11 is 0. The number of aromatic nitrogens is 1. The fourth-order valence-corrected chi connectivity index (χ4v) is 3.12. The minimum Gasteiger partial charge on any atom is -0.353 e. The molecule has 0 spiro atoms. The molecule has 0 saturated carbocycles. The molecule has 1 aromatic carbocycles. The molecular formula is C19H20F3N3O. The minimum absolute atomic E-state index is 0.00369. The lowest BCUT2D eigenvalue weighted by Gasteiger charge is -2.36. The van der Waals surface area contributed by atoms with Crippen molar-refractivity contribution < 1.29 is 18.0 Å². The number of halogens is 3. The van der Waals surface area contributed by atoms with Gasteiger partial charge in [-0.1, -0.05) is 24.3 Å². The molecule has 1 fully saturated rings. The second kappa shape index (κ2) is 7.35. The lowest BCUT2D eigenvalue weighted by molar-refractivity contribution is -0.137. The highest BCUT2D eigenvalue weighted by Gasteiger charge is 2.36. The fraction of sp³-hybridized carbons (Fsp3) is 0.368. The highest BCUT2D eigenvalue weighted by Crippen LogP contribution is 2.35. The molecule has 0 atom stereocenters. The Labute approximate surface area is 150 Å². The summed E-state index contributed by atoms with van der Waals surface area (Å²) in [6, 6.07) is 10.0. The maximum atomic E-state index is 13.2. The van der Waals surface area contributed by atoms with Gasteiger partial charge in [-0.25, -0.2) is 4.98 Å². The number of alkyl halides is 3. The van der Waals surface area contributed by atoms with Gasteiger partial charge in [0, 0.05) is 32.4 Å². The first-order valence-corrected chi connectivity index (χ1v) is 8.45. The first-order chi connectivity index (χ1) is 12.4. The molecule has 1 saturated heterocycles. The standard InChI is InChI=1S/C19H20F3N3O/c1-14-5-2-3-6-15(14)13-17(26)24-9-11-25(12-10-24)18-16(19(20,21)22)7-4-8-23-18/h2-8H,9-13H2,1H3. The number of carbonyl (C=O) groups is 1. The van der Waals surface area contributed by atoms with E-state index in [0.717, 1.165) is 17.2 Å². The van der Waals surface area contributed by atoms with Gasteiger partial charge in [-0.05, 0) is 30.2 Å². The van der Waals surface area contributed by atoms with Gasteiger partial charge >= 0.3 is 6.18 Å². The Morgan fingerprint density at radius 1 is 1.08 bits per heavy atom. The van der Waals surface area contributed by atoms with Gasteiger partial charge in [0.15, 0.2) is 0 Å². The van der Waals surface area contributed by atoms with E-state index in [0.29, 0.717) is 32.6 Å². The van der Waals surface area contributed by atoms with Gasteiger partial charge in [0.2, 0.25) is 5.91 Å². The van der Waals surface area contributed by atoms with Crippen molar-refractivity contribution in [3.8, 4) is 0 Å². The van der Waals surface area contributed by atoms with Crippen LogP contribution in [0.4, 0.5) is 19.0 Å². The monoisotopic (exact) mass is 363 g/mol. The highest BCUT2D eigenvalue weighted by atomic mass is 19.4. The Morgan fingerprint density at radius 2 is 1.77 bits per heavy atom. The zero-order valence-electron chi connectivity index (χ0n) is 14.5. The normalized spacial score (nSPS) is 15.2. The molecule has 138 valence electrons. The number of pyridine rings is 1. The molecule has 4 nitrogen and oxygen atoms in total. The maximum absolute atomic E-state index is 13.2. The number of piperazine rings is 1. The Hall–Kier alpha value is -2.57. The number of aryl methyl sites for hydroxylation is 1. The third-order valence-corrected chi connectivity index (χ3v) is 4.63. The summed E-state index contributed by atoms with van der Waals surface area (Å²) < 4.78 is 39.5. The van der Waals surface area contributed by atoms with Crippen LogP contribution in [0.25, 0.3) is 0 Å². The van der Waals surface area contributed by atoms with Crippen LogP contribution >= 0.6 is 0 Å². The van der Waals surface area contributed by atoms with Crippen LogP contribution in [0.3, 0.4) is 0 Å². The van der Waals surface area contributed by atoms with E-state index < -0.39 is 11.7 Å². The number of benzene rings is 1. The number of hydrogen-bond acceptors (Lipinski definition) is 3. The zero-order chi connectivity index (χ0) is 18.7. The molecule has 7 heteroatoms. The van der Waals surface area contributed by atoms with Crippen LogP contribution in [0.2, 0.25) is 0 Å². The third-order valence-electron chi connectivity index (χ3n) is 4.63. The summed E-state index contributed by atoms with van der Waals surface area (Å²) in [5.74, 6) is -0.0676. The summed E-state index contributed by atoms with van der Waals surface area (Å²) in [5.41, 5.74) is 1.30. The predicted octanol–water partition coefficient (Wildman–Crippen LogP) is 3.30. The molecule has 1 aliphatic heterocycles. The number of hydrogen-bond donors (Lipinski definition) is 0. The number of amides is 1. The van der Waals surface area contributed by atoms with Crippen LogP contribution < -0.4 is 4.90 Å². The van der Waals surface area contributed by atoms with E-state index >= 15 is 0 Å². The second-order valence-electron chi connectivity index (χ2n) is 6.34. The predicted molar refractivity (Wildman–Crippen MR) is 92.9 cm³/mol. The number of rotatable bonds is 3. The van der Waals surface area contributed by atoms with Crippen molar-refractivity contribution >= 4 is 11.7 Å². The van der Waals surface area contributed by atoms with Crippen LogP contribution in [-0.4, -0.2) is 42.0 Å². The fourth-order valence-electron chi connectivity index (χ4n) is 3.12. The Morgan fingerprint density at radius 3 is 2.42 bits per heavy atom. The lowest BCUT2D eigenvalue weighted by atomic mass is 10.1. The van der Waals surface area contributed by atoms with Crippen LogP contribution in [0.1, 0.15) is 16.7 Å². The van der Waals surface area contributed by atoms with Gasteiger partial charge in [0.25, 0.3) is 0 Å². The Balaban J connectivity index is 1.65. The lowest BCUT2D eigenvalue weighted by Crippen LogP contribution is -2.49. The van der Waals surface area contributed by atoms with Crippen molar-refractivity contribution in [2.24, 2.45) is 0 Å². The third kappa shape index (κ3) is 3.98. The molecule has 0 bridgehead atoms. The quantitative estimate of drug-likeness (QED) is 0.840. The van der Waals surface area contributed by atoms with Crippen molar-refractivity contribution in [2.45, 2.75) is 19.5 Å². The molecule has 1 amide bonds. The average Bonchev–Trinajstić information content (AvgIpc) is 2.63. The molecule has 2 aromatic rings. The first kappa shape index (κ1) is 18.2. The molecule has 1 aliphatic rings. The van der Waals surface area contributed by atoms with Crippen LogP contribution in [0.5, 0.6) is 0 Å². The number of anilines is 1. The molecule has 0 unspecified atom stereocenters. The van der Waals surface area contributed by atoms with Gasteiger partial charge in [-0.15, -0.1) is 0 Å². The summed E-state index contributed by atoms with van der Waals surface area (Å²) in [6.45, 7) is 3.40. The SMILES string of the molecule is Cc1ccccc1CC(=O)N1CCN(c2ncccc2C(F)(F)F)CC1. The highest BCUT2D eigenvalue weighted by molar-refractivity contribution is 5.79. The Bertz CT molecular complexity index is 784. The molecule has 3 rings (SSSR count). The summed E-state index contributed by atoms with van der Waals surface area (Å²) in [5, 5.41) is 0. The van der Waals surface area contributed by atoms with E-state index in [1.165, 1.54) is 12.3 Å². The topological polar surface area (TPSA) is 36.4 Å². The number of carbonyl (C=O) groups excluding carboxylic acids is 1. The van der Waals surface area contributed by atoms with Crippen molar-refractivity contribution in [3.05, 3.63) is 59.3 Å². The summed E-state index contributed by atoms with van der Waals surface area (Å²) in [4.78, 5) is 19.7. The first-order valence-electron chi connectivity index (χ1n) is 8.45. The van der Waals surface area contributed by atoms with E-state index in [1.807, 2.05) is 31.2 Å². The van der Waals surface area contributed by atoms with E-state index in [4.69, 9.17) is 0 Å². The second-order valence-corrected chi connectivity index (χ2v) is 6.34. The van der Waals surface area contributed by atoms with Gasteiger partial charge in [-0.2, -0.15) is 13.2 Å². The minimum atomic E-state index is -4.44. The molecule has 0 N–H and O–H groups in total.